The fourth-order valence-corrected chi connectivity index (χ4v) is 1.99. The van der Waals surface area contributed by atoms with Crippen molar-refractivity contribution in [3.8, 4) is 0 Å². The van der Waals surface area contributed by atoms with Gasteiger partial charge in [-0.1, -0.05) is 0 Å². The van der Waals surface area contributed by atoms with Crippen LogP contribution in [-0.4, -0.2) is 52.7 Å². The summed E-state index contributed by atoms with van der Waals surface area (Å²) in [5.41, 5.74) is 0.395. The van der Waals surface area contributed by atoms with E-state index >= 15 is 0 Å². The number of anilines is 1. The van der Waals surface area contributed by atoms with Gasteiger partial charge in [-0.25, -0.2) is 0 Å². The summed E-state index contributed by atoms with van der Waals surface area (Å²) in [7, 11) is 1.95. The number of hydrogen-bond donors (Lipinski definition) is 2. The van der Waals surface area contributed by atoms with Gasteiger partial charge < -0.3 is 25.4 Å². The Morgan fingerprint density at radius 2 is 2.35 bits per heavy atom. The first-order valence-electron chi connectivity index (χ1n) is 6.30. The average molecular weight is 347 g/mol. The molecule has 1 aromatic rings. The predicted molar refractivity (Wildman–Crippen MR) is 80.9 cm³/mol. The minimum absolute atomic E-state index is 0.158. The normalized spacial score (nSPS) is 12.4. The molecular weight excluding hydrogens is 328 g/mol. The molecule has 0 saturated carbocycles. The van der Waals surface area contributed by atoms with Crippen LogP contribution in [0.5, 0.6) is 0 Å². The van der Waals surface area contributed by atoms with Gasteiger partial charge >= 0.3 is 5.82 Å². The summed E-state index contributed by atoms with van der Waals surface area (Å²) in [5, 5.41) is 22.8. The van der Waals surface area contributed by atoms with Crippen LogP contribution in [0.3, 0.4) is 0 Å². The number of nitrogens with zero attached hydrogens (tertiary/aromatic N) is 3. The van der Waals surface area contributed by atoms with Crippen molar-refractivity contribution in [3.05, 3.63) is 26.9 Å². The van der Waals surface area contributed by atoms with Crippen LogP contribution in [-0.2, 0) is 0 Å². The summed E-state index contributed by atoms with van der Waals surface area (Å²) in [6.07, 6.45) is 2.11. The highest BCUT2D eigenvalue weighted by Gasteiger charge is 2.17. The van der Waals surface area contributed by atoms with Gasteiger partial charge in [0.15, 0.2) is 6.20 Å². The summed E-state index contributed by atoms with van der Waals surface area (Å²) >= 11 is 3.25. The van der Waals surface area contributed by atoms with Crippen LogP contribution < -0.4 is 5.32 Å². The highest BCUT2D eigenvalue weighted by Crippen LogP contribution is 2.24. The first-order chi connectivity index (χ1) is 9.45. The molecule has 112 valence electrons. The molecule has 0 radical (unpaired) electrons. The number of pyridine rings is 1. The maximum Gasteiger partial charge on any atom is 0.386 e. The van der Waals surface area contributed by atoms with E-state index in [0.717, 1.165) is 6.54 Å². The van der Waals surface area contributed by atoms with Gasteiger partial charge in [0, 0.05) is 25.7 Å². The number of likely N-dealkylation sites (N-methyl/N-ethyl adjacent to an activating group) is 1. The Balaban J connectivity index is 2.64. The molecular formula is C12H19BrN4O3. The predicted octanol–water partition coefficient (Wildman–Crippen LogP) is 1.87. The molecule has 0 aliphatic rings. The van der Waals surface area contributed by atoms with Crippen LogP contribution in [0.1, 0.15) is 13.3 Å². The third-order valence-corrected chi connectivity index (χ3v) is 3.45. The molecule has 0 amide bonds. The Morgan fingerprint density at radius 3 is 2.95 bits per heavy atom. The largest absolute Gasteiger partial charge is 0.396 e. The quantitative estimate of drug-likeness (QED) is 0.551. The van der Waals surface area contributed by atoms with Gasteiger partial charge in [-0.2, -0.15) is 0 Å². The SMILES string of the molecule is CC(CNc1cc(Br)cnc1[N+](=O)[O-])N(C)CCCO. The summed E-state index contributed by atoms with van der Waals surface area (Å²) < 4.78 is 0.687. The molecule has 7 nitrogen and oxygen atoms in total. The van der Waals surface area contributed by atoms with Crippen LogP contribution in [0, 0.1) is 10.1 Å². The van der Waals surface area contributed by atoms with Crippen LogP contribution in [0.25, 0.3) is 0 Å². The van der Waals surface area contributed by atoms with E-state index in [1.165, 1.54) is 6.20 Å². The van der Waals surface area contributed by atoms with Crippen molar-refractivity contribution in [2.45, 2.75) is 19.4 Å². The molecule has 1 atom stereocenters. The van der Waals surface area contributed by atoms with Crippen LogP contribution in [0.2, 0.25) is 0 Å². The Morgan fingerprint density at radius 1 is 1.65 bits per heavy atom. The van der Waals surface area contributed by atoms with Gasteiger partial charge in [-0.05, 0) is 52.3 Å². The van der Waals surface area contributed by atoms with E-state index in [2.05, 4.69) is 31.1 Å². The first-order valence-corrected chi connectivity index (χ1v) is 7.10. The van der Waals surface area contributed by atoms with Crippen LogP contribution in [0.15, 0.2) is 16.7 Å². The molecule has 0 bridgehead atoms. The number of aliphatic hydroxyl groups is 1. The van der Waals surface area contributed by atoms with Crippen molar-refractivity contribution in [2.24, 2.45) is 0 Å². The molecule has 1 heterocycles. The maximum absolute atomic E-state index is 10.9. The number of nitro groups is 1. The Labute approximate surface area is 126 Å². The Bertz CT molecular complexity index is 458. The molecule has 20 heavy (non-hydrogen) atoms. The lowest BCUT2D eigenvalue weighted by molar-refractivity contribution is -0.388. The van der Waals surface area contributed by atoms with Crippen molar-refractivity contribution in [3.63, 3.8) is 0 Å². The number of nitrogens with one attached hydrogen (secondary N) is 1. The number of hydrogen-bond acceptors (Lipinski definition) is 6. The van der Waals surface area contributed by atoms with Gasteiger partial charge in [0.25, 0.3) is 0 Å². The third kappa shape index (κ3) is 5.03. The monoisotopic (exact) mass is 346 g/mol. The average Bonchev–Trinajstić information content (AvgIpc) is 2.41. The summed E-state index contributed by atoms with van der Waals surface area (Å²) in [4.78, 5) is 16.3. The fourth-order valence-electron chi connectivity index (χ4n) is 1.66. The van der Waals surface area contributed by atoms with Gasteiger partial charge in [-0.15, -0.1) is 0 Å². The van der Waals surface area contributed by atoms with E-state index in [4.69, 9.17) is 5.11 Å². The van der Waals surface area contributed by atoms with Crippen molar-refractivity contribution in [2.75, 3.05) is 32.1 Å². The fraction of sp³-hybridized carbons (Fsp3) is 0.583. The molecule has 2 N–H and O–H groups in total. The van der Waals surface area contributed by atoms with Crippen molar-refractivity contribution in [1.29, 1.82) is 0 Å². The Hall–Kier alpha value is -1.25. The summed E-state index contributed by atoms with van der Waals surface area (Å²) in [5.74, 6) is -0.182. The highest BCUT2D eigenvalue weighted by atomic mass is 79.9. The smallest absolute Gasteiger partial charge is 0.386 e. The van der Waals surface area contributed by atoms with Gasteiger partial charge in [0.2, 0.25) is 0 Å². The van der Waals surface area contributed by atoms with E-state index < -0.39 is 4.92 Å². The van der Waals surface area contributed by atoms with Crippen LogP contribution >= 0.6 is 15.9 Å². The van der Waals surface area contributed by atoms with E-state index in [1.54, 1.807) is 6.07 Å². The third-order valence-electron chi connectivity index (χ3n) is 3.02. The lowest BCUT2D eigenvalue weighted by atomic mass is 10.2. The molecule has 1 rings (SSSR count). The molecule has 0 fully saturated rings. The molecule has 0 aliphatic carbocycles. The zero-order valence-electron chi connectivity index (χ0n) is 11.5. The lowest BCUT2D eigenvalue weighted by Gasteiger charge is -2.24. The van der Waals surface area contributed by atoms with Gasteiger partial charge in [-0.3, -0.25) is 0 Å². The summed E-state index contributed by atoms with van der Waals surface area (Å²) in [6.45, 7) is 3.51. The second-order valence-electron chi connectivity index (χ2n) is 4.57. The number of rotatable bonds is 8. The first kappa shape index (κ1) is 16.8. The second kappa shape index (κ2) is 8.13. The maximum atomic E-state index is 10.9. The van der Waals surface area contributed by atoms with Crippen molar-refractivity contribution >= 4 is 27.4 Å². The molecule has 0 aliphatic heterocycles. The van der Waals surface area contributed by atoms with Gasteiger partial charge in [0.05, 0.1) is 4.47 Å². The molecule has 1 unspecified atom stereocenters. The van der Waals surface area contributed by atoms with E-state index in [0.29, 0.717) is 23.1 Å². The number of halogens is 1. The van der Waals surface area contributed by atoms with E-state index in [1.807, 2.05) is 14.0 Å². The lowest BCUT2D eigenvalue weighted by Crippen LogP contribution is -2.35. The zero-order valence-corrected chi connectivity index (χ0v) is 13.1. The van der Waals surface area contributed by atoms with Gasteiger partial charge in [0.1, 0.15) is 5.69 Å². The molecule has 0 spiro atoms. The van der Waals surface area contributed by atoms with Crippen molar-refractivity contribution in [1.82, 2.24) is 9.88 Å². The summed E-state index contributed by atoms with van der Waals surface area (Å²) in [6, 6.07) is 1.83. The minimum atomic E-state index is -0.505. The van der Waals surface area contributed by atoms with Crippen molar-refractivity contribution < 1.29 is 10.0 Å². The number of aliphatic hydroxyl groups excluding tert-OH is 1. The second-order valence-corrected chi connectivity index (χ2v) is 5.49. The van der Waals surface area contributed by atoms with E-state index in [9.17, 15) is 10.1 Å². The molecule has 8 heteroatoms. The standard InChI is InChI=1S/C12H19BrN4O3/c1-9(16(2)4-3-5-18)7-14-11-6-10(13)8-15-12(11)17(19)20/h6,8-9,14,18H,3-5,7H2,1-2H3. The number of aromatic nitrogens is 1. The molecule has 0 aromatic carbocycles. The Kier molecular flexibility index (Phi) is 6.83. The topological polar surface area (TPSA) is 91.5 Å². The van der Waals surface area contributed by atoms with Crippen LogP contribution in [0.4, 0.5) is 11.5 Å². The zero-order chi connectivity index (χ0) is 15.1. The highest BCUT2D eigenvalue weighted by molar-refractivity contribution is 9.10. The molecule has 0 saturated heterocycles. The minimum Gasteiger partial charge on any atom is -0.396 e. The molecule has 1 aromatic heterocycles. The van der Waals surface area contributed by atoms with E-state index in [-0.39, 0.29) is 18.5 Å².